The van der Waals surface area contributed by atoms with Gasteiger partial charge < -0.3 is 20.1 Å². The van der Waals surface area contributed by atoms with E-state index in [0.29, 0.717) is 13.2 Å². The quantitative estimate of drug-likeness (QED) is 0.901. The molecule has 3 rings (SSSR count). The second-order valence-corrected chi connectivity index (χ2v) is 6.67. The first-order valence-corrected chi connectivity index (χ1v) is 8.56. The highest BCUT2D eigenvalue weighted by Crippen LogP contribution is 2.31. The second kappa shape index (κ2) is 7.21. The predicted molar refractivity (Wildman–Crippen MR) is 88.4 cm³/mol. The van der Waals surface area contributed by atoms with E-state index in [1.807, 2.05) is 31.3 Å². The zero-order chi connectivity index (χ0) is 16.2. The van der Waals surface area contributed by atoms with E-state index < -0.39 is 0 Å². The molecule has 0 bridgehead atoms. The van der Waals surface area contributed by atoms with Crippen LogP contribution in [0, 0.1) is 5.92 Å². The van der Waals surface area contributed by atoms with Crippen molar-refractivity contribution in [3.8, 4) is 5.75 Å². The Morgan fingerprint density at radius 2 is 2.09 bits per heavy atom. The van der Waals surface area contributed by atoms with E-state index in [1.165, 1.54) is 0 Å². The van der Waals surface area contributed by atoms with Gasteiger partial charge in [-0.05, 0) is 18.9 Å². The summed E-state index contributed by atoms with van der Waals surface area (Å²) in [5.41, 5.74) is 1.04. The van der Waals surface area contributed by atoms with Crippen molar-refractivity contribution in [3.63, 3.8) is 0 Å². The number of hydrogen-bond donors (Lipinski definition) is 2. The Bertz CT molecular complexity index is 549. The molecule has 2 amide bonds. The summed E-state index contributed by atoms with van der Waals surface area (Å²) >= 11 is 0. The number of aliphatic hydroxyl groups is 1. The van der Waals surface area contributed by atoms with Gasteiger partial charge >= 0.3 is 6.03 Å². The average molecular weight is 318 g/mol. The van der Waals surface area contributed by atoms with Crippen LogP contribution in [0.2, 0.25) is 0 Å². The van der Waals surface area contributed by atoms with Gasteiger partial charge in [-0.3, -0.25) is 0 Å². The molecule has 1 heterocycles. The Labute approximate surface area is 137 Å². The van der Waals surface area contributed by atoms with Gasteiger partial charge in [0.25, 0.3) is 0 Å². The third-order valence-electron chi connectivity index (χ3n) is 4.98. The molecule has 1 fully saturated rings. The predicted octanol–water partition coefficient (Wildman–Crippen LogP) is 2.70. The summed E-state index contributed by atoms with van der Waals surface area (Å²) in [4.78, 5) is 14.2. The molecule has 0 aromatic heterocycles. The lowest BCUT2D eigenvalue weighted by molar-refractivity contribution is 0.0561. The normalized spacial score (nSPS) is 26.8. The number of benzene rings is 1. The molecule has 0 saturated heterocycles. The Hall–Kier alpha value is -1.75. The summed E-state index contributed by atoms with van der Waals surface area (Å²) in [7, 11) is 1.81. The van der Waals surface area contributed by atoms with Crippen LogP contribution in [-0.2, 0) is 0 Å². The molecule has 1 aromatic rings. The van der Waals surface area contributed by atoms with Crippen molar-refractivity contribution in [2.45, 2.75) is 44.2 Å². The summed E-state index contributed by atoms with van der Waals surface area (Å²) in [6, 6.07) is 7.77. The van der Waals surface area contributed by atoms with Crippen LogP contribution in [0.4, 0.5) is 4.79 Å². The van der Waals surface area contributed by atoms with E-state index >= 15 is 0 Å². The lowest BCUT2D eigenvalue weighted by Gasteiger charge is -2.33. The summed E-state index contributed by atoms with van der Waals surface area (Å²) in [6.07, 6.45) is 4.59. The van der Waals surface area contributed by atoms with Crippen LogP contribution in [0.5, 0.6) is 5.75 Å². The first kappa shape index (κ1) is 16.1. The molecule has 5 nitrogen and oxygen atoms in total. The number of ether oxygens (including phenoxy) is 1. The molecule has 2 aliphatic rings. The topological polar surface area (TPSA) is 61.8 Å². The van der Waals surface area contributed by atoms with Crippen molar-refractivity contribution in [1.82, 2.24) is 10.2 Å². The minimum atomic E-state index is -0.275. The van der Waals surface area contributed by atoms with Gasteiger partial charge in [0.1, 0.15) is 5.75 Å². The van der Waals surface area contributed by atoms with Crippen molar-refractivity contribution in [2.75, 3.05) is 20.2 Å². The van der Waals surface area contributed by atoms with Crippen molar-refractivity contribution in [2.24, 2.45) is 5.92 Å². The van der Waals surface area contributed by atoms with Gasteiger partial charge in [-0.1, -0.05) is 31.0 Å². The maximum Gasteiger partial charge on any atom is 0.317 e. The van der Waals surface area contributed by atoms with Gasteiger partial charge in [-0.2, -0.15) is 0 Å². The molecule has 23 heavy (non-hydrogen) atoms. The number of para-hydroxylation sites is 1. The highest BCUT2D eigenvalue weighted by atomic mass is 16.5. The SMILES string of the molecule is CN(CC1CCCCC1O)C(=O)NC1CCOc2ccccc21. The third-order valence-corrected chi connectivity index (χ3v) is 4.98. The molecule has 0 radical (unpaired) electrons. The number of rotatable bonds is 3. The zero-order valence-electron chi connectivity index (χ0n) is 13.7. The first-order chi connectivity index (χ1) is 11.1. The molecular formula is C18H26N2O3. The lowest BCUT2D eigenvalue weighted by atomic mass is 9.86. The van der Waals surface area contributed by atoms with Crippen LogP contribution in [-0.4, -0.2) is 42.3 Å². The molecular weight excluding hydrogens is 292 g/mol. The van der Waals surface area contributed by atoms with Gasteiger partial charge in [0.15, 0.2) is 0 Å². The summed E-state index contributed by atoms with van der Waals surface area (Å²) in [6.45, 7) is 1.23. The molecule has 1 aliphatic heterocycles. The number of hydrogen-bond acceptors (Lipinski definition) is 3. The Morgan fingerprint density at radius 3 is 2.91 bits per heavy atom. The van der Waals surface area contributed by atoms with Gasteiger partial charge in [0, 0.05) is 31.5 Å². The number of aliphatic hydroxyl groups excluding tert-OH is 1. The highest BCUT2D eigenvalue weighted by molar-refractivity contribution is 5.74. The molecule has 1 aromatic carbocycles. The maximum atomic E-state index is 12.5. The van der Waals surface area contributed by atoms with Crippen LogP contribution in [0.1, 0.15) is 43.7 Å². The third kappa shape index (κ3) is 3.78. The lowest BCUT2D eigenvalue weighted by Crippen LogP contribution is -2.44. The number of carbonyl (C=O) groups is 1. The van der Waals surface area contributed by atoms with Gasteiger partial charge in [-0.15, -0.1) is 0 Å². The number of nitrogens with one attached hydrogen (secondary N) is 1. The minimum Gasteiger partial charge on any atom is -0.493 e. The Balaban J connectivity index is 1.58. The number of amides is 2. The molecule has 1 aliphatic carbocycles. The minimum absolute atomic E-state index is 0.00817. The van der Waals surface area contributed by atoms with Crippen LogP contribution < -0.4 is 10.1 Å². The van der Waals surface area contributed by atoms with Crippen LogP contribution >= 0.6 is 0 Å². The number of nitrogens with zero attached hydrogens (tertiary/aromatic N) is 1. The largest absolute Gasteiger partial charge is 0.493 e. The molecule has 126 valence electrons. The molecule has 2 N–H and O–H groups in total. The number of carbonyl (C=O) groups excluding carboxylic acids is 1. The fourth-order valence-corrected chi connectivity index (χ4v) is 3.59. The Morgan fingerprint density at radius 1 is 1.30 bits per heavy atom. The van der Waals surface area contributed by atoms with Gasteiger partial charge in [0.05, 0.1) is 18.8 Å². The van der Waals surface area contributed by atoms with Crippen LogP contribution in [0.15, 0.2) is 24.3 Å². The first-order valence-electron chi connectivity index (χ1n) is 8.56. The molecule has 0 spiro atoms. The van der Waals surface area contributed by atoms with E-state index in [4.69, 9.17) is 4.74 Å². The van der Waals surface area contributed by atoms with Gasteiger partial charge in [0.2, 0.25) is 0 Å². The summed E-state index contributed by atoms with van der Waals surface area (Å²) in [5.74, 6) is 1.05. The van der Waals surface area contributed by atoms with Crippen molar-refractivity contribution < 1.29 is 14.6 Å². The van der Waals surface area contributed by atoms with E-state index in [1.54, 1.807) is 4.90 Å². The smallest absolute Gasteiger partial charge is 0.317 e. The summed E-state index contributed by atoms with van der Waals surface area (Å²) in [5, 5.41) is 13.2. The fourth-order valence-electron chi connectivity index (χ4n) is 3.59. The van der Waals surface area contributed by atoms with E-state index in [0.717, 1.165) is 43.4 Å². The van der Waals surface area contributed by atoms with Crippen molar-refractivity contribution in [3.05, 3.63) is 29.8 Å². The van der Waals surface area contributed by atoms with Crippen molar-refractivity contribution >= 4 is 6.03 Å². The van der Waals surface area contributed by atoms with Crippen LogP contribution in [0.3, 0.4) is 0 Å². The molecule has 3 atom stereocenters. The van der Waals surface area contributed by atoms with Crippen LogP contribution in [0.25, 0.3) is 0 Å². The number of urea groups is 1. The monoisotopic (exact) mass is 318 g/mol. The second-order valence-electron chi connectivity index (χ2n) is 6.67. The highest BCUT2D eigenvalue weighted by Gasteiger charge is 2.28. The number of fused-ring (bicyclic) bond motifs is 1. The molecule has 5 heteroatoms. The summed E-state index contributed by atoms with van der Waals surface area (Å²) < 4.78 is 5.63. The Kier molecular flexibility index (Phi) is 5.06. The maximum absolute atomic E-state index is 12.5. The standard InChI is InChI=1S/C18H26N2O3/c1-20(12-13-6-2-4-8-16(13)21)18(22)19-15-10-11-23-17-9-5-3-7-14(15)17/h3,5,7,9,13,15-16,21H,2,4,6,8,10-12H2,1H3,(H,19,22). The van der Waals surface area contributed by atoms with Gasteiger partial charge in [-0.25, -0.2) is 4.79 Å². The van der Waals surface area contributed by atoms with E-state index in [-0.39, 0.29) is 24.1 Å². The zero-order valence-corrected chi connectivity index (χ0v) is 13.7. The van der Waals surface area contributed by atoms with E-state index in [9.17, 15) is 9.90 Å². The molecule has 1 saturated carbocycles. The molecule has 3 unspecified atom stereocenters. The fraction of sp³-hybridized carbons (Fsp3) is 0.611. The van der Waals surface area contributed by atoms with E-state index in [2.05, 4.69) is 5.32 Å². The van der Waals surface area contributed by atoms with Crippen molar-refractivity contribution in [1.29, 1.82) is 0 Å². The average Bonchev–Trinajstić information content (AvgIpc) is 2.57.